The van der Waals surface area contributed by atoms with Gasteiger partial charge < -0.3 is 5.11 Å². The number of aromatic hydroxyl groups is 1. The zero-order valence-corrected chi connectivity index (χ0v) is 15.2. The van der Waals surface area contributed by atoms with Gasteiger partial charge in [-0.3, -0.25) is 4.79 Å². The van der Waals surface area contributed by atoms with E-state index in [-0.39, 0.29) is 11.7 Å². The van der Waals surface area contributed by atoms with Crippen molar-refractivity contribution < 1.29 is 9.90 Å². The van der Waals surface area contributed by atoms with Crippen LogP contribution in [0.5, 0.6) is 5.75 Å². The van der Waals surface area contributed by atoms with Gasteiger partial charge in [0.15, 0.2) is 0 Å². The van der Waals surface area contributed by atoms with Crippen molar-refractivity contribution in [2.45, 2.75) is 45.4 Å². The Labute approximate surface area is 142 Å². The number of halogens is 2. The van der Waals surface area contributed by atoms with Crippen molar-refractivity contribution in [1.82, 2.24) is 5.43 Å². The Morgan fingerprint density at radius 3 is 2.48 bits per heavy atom. The van der Waals surface area contributed by atoms with Crippen molar-refractivity contribution >= 4 is 44.0 Å². The molecule has 6 heteroatoms. The first-order chi connectivity index (χ1) is 10.0. The number of rotatable bonds is 8. The van der Waals surface area contributed by atoms with E-state index in [9.17, 15) is 9.90 Å². The zero-order valence-electron chi connectivity index (χ0n) is 12.0. The third kappa shape index (κ3) is 7.09. The number of carbonyl (C=O) groups excluding carboxylic acids is 1. The number of phenols is 1. The number of hydrogen-bond acceptors (Lipinski definition) is 3. The van der Waals surface area contributed by atoms with Crippen LogP contribution in [-0.2, 0) is 4.79 Å². The summed E-state index contributed by atoms with van der Waals surface area (Å²) in [6.45, 7) is 2.17. The molecule has 1 rings (SSSR count). The molecule has 0 saturated carbocycles. The van der Waals surface area contributed by atoms with Crippen LogP contribution < -0.4 is 5.43 Å². The van der Waals surface area contributed by atoms with Crippen LogP contribution in [0.2, 0.25) is 0 Å². The first-order valence-corrected chi connectivity index (χ1v) is 8.63. The fourth-order valence-corrected chi connectivity index (χ4v) is 3.01. The Morgan fingerprint density at radius 2 is 1.86 bits per heavy atom. The SMILES string of the molecule is CCCCCCCC(=O)NN=Cc1cc(Br)c(O)c(Br)c1. The van der Waals surface area contributed by atoms with Gasteiger partial charge in [-0.1, -0.05) is 32.6 Å². The molecule has 0 bridgehead atoms. The van der Waals surface area contributed by atoms with Crippen molar-refractivity contribution in [3.63, 3.8) is 0 Å². The maximum absolute atomic E-state index is 11.6. The fourth-order valence-electron chi connectivity index (χ4n) is 1.78. The van der Waals surface area contributed by atoms with Crippen LogP contribution in [0.1, 0.15) is 51.0 Å². The van der Waals surface area contributed by atoms with E-state index in [1.165, 1.54) is 19.3 Å². The lowest BCUT2D eigenvalue weighted by Gasteiger charge is -2.02. The zero-order chi connectivity index (χ0) is 15.7. The lowest BCUT2D eigenvalue weighted by atomic mass is 10.1. The van der Waals surface area contributed by atoms with Gasteiger partial charge in [-0.05, 0) is 56.0 Å². The predicted octanol–water partition coefficient (Wildman–Crippen LogP) is 4.73. The van der Waals surface area contributed by atoms with E-state index in [0.717, 1.165) is 18.4 Å². The Bertz CT molecular complexity index is 481. The number of benzene rings is 1. The second-order valence-corrected chi connectivity index (χ2v) is 6.50. The molecule has 0 atom stereocenters. The van der Waals surface area contributed by atoms with Crippen LogP contribution in [0.3, 0.4) is 0 Å². The maximum atomic E-state index is 11.6. The Balaban J connectivity index is 2.35. The molecule has 4 nitrogen and oxygen atoms in total. The van der Waals surface area contributed by atoms with E-state index in [2.05, 4.69) is 49.3 Å². The second-order valence-electron chi connectivity index (χ2n) is 4.79. The first kappa shape index (κ1) is 18.2. The van der Waals surface area contributed by atoms with Crippen LogP contribution in [0.4, 0.5) is 0 Å². The second kappa shape index (κ2) is 9.95. The average Bonchev–Trinajstić information content (AvgIpc) is 2.44. The number of carbonyl (C=O) groups is 1. The highest BCUT2D eigenvalue weighted by molar-refractivity contribution is 9.11. The third-order valence-corrected chi connectivity index (χ3v) is 4.16. The van der Waals surface area contributed by atoms with Crippen molar-refractivity contribution in [3.8, 4) is 5.75 Å². The highest BCUT2D eigenvalue weighted by Crippen LogP contribution is 2.32. The third-order valence-electron chi connectivity index (χ3n) is 2.95. The van der Waals surface area contributed by atoms with Gasteiger partial charge >= 0.3 is 0 Å². The molecule has 0 saturated heterocycles. The van der Waals surface area contributed by atoms with Gasteiger partial charge in [0, 0.05) is 6.42 Å². The van der Waals surface area contributed by atoms with Crippen LogP contribution in [0.25, 0.3) is 0 Å². The van der Waals surface area contributed by atoms with Gasteiger partial charge in [0.1, 0.15) is 5.75 Å². The van der Waals surface area contributed by atoms with Crippen LogP contribution in [0.15, 0.2) is 26.2 Å². The number of nitrogens with zero attached hydrogens (tertiary/aromatic N) is 1. The molecular formula is C15H20Br2N2O2. The largest absolute Gasteiger partial charge is 0.506 e. The van der Waals surface area contributed by atoms with Gasteiger partial charge in [-0.25, -0.2) is 5.43 Å². The van der Waals surface area contributed by atoms with E-state index in [1.807, 2.05) is 0 Å². The summed E-state index contributed by atoms with van der Waals surface area (Å²) in [4.78, 5) is 11.6. The molecule has 1 amide bonds. The minimum Gasteiger partial charge on any atom is -0.506 e. The van der Waals surface area contributed by atoms with Crippen LogP contribution >= 0.6 is 31.9 Å². The van der Waals surface area contributed by atoms with Gasteiger partial charge in [0.25, 0.3) is 0 Å². The molecule has 0 spiro atoms. The number of hydrogen-bond donors (Lipinski definition) is 2. The summed E-state index contributed by atoms with van der Waals surface area (Å²) < 4.78 is 1.14. The number of unbranched alkanes of at least 4 members (excludes halogenated alkanes) is 4. The Hall–Kier alpha value is -0.880. The lowest BCUT2D eigenvalue weighted by Crippen LogP contribution is -2.16. The molecule has 0 heterocycles. The monoisotopic (exact) mass is 418 g/mol. The van der Waals surface area contributed by atoms with Crippen LogP contribution in [0, 0.1) is 0 Å². The van der Waals surface area contributed by atoms with Gasteiger partial charge in [-0.15, -0.1) is 0 Å². The minimum atomic E-state index is -0.0698. The van der Waals surface area contributed by atoms with E-state index in [4.69, 9.17) is 0 Å². The summed E-state index contributed by atoms with van der Waals surface area (Å²) >= 11 is 6.49. The summed E-state index contributed by atoms with van der Waals surface area (Å²) in [5.41, 5.74) is 3.29. The molecule has 0 aliphatic heterocycles. The van der Waals surface area contributed by atoms with E-state index >= 15 is 0 Å². The summed E-state index contributed by atoms with van der Waals surface area (Å²) in [6.07, 6.45) is 7.65. The quantitative estimate of drug-likeness (QED) is 0.363. The van der Waals surface area contributed by atoms with Gasteiger partial charge in [-0.2, -0.15) is 5.10 Å². The molecular weight excluding hydrogens is 400 g/mol. The summed E-state index contributed by atoms with van der Waals surface area (Å²) in [6, 6.07) is 3.45. The molecule has 0 radical (unpaired) electrons. The van der Waals surface area contributed by atoms with E-state index in [0.29, 0.717) is 15.4 Å². The predicted molar refractivity (Wildman–Crippen MR) is 92.6 cm³/mol. The molecule has 116 valence electrons. The van der Waals surface area contributed by atoms with Crippen molar-refractivity contribution in [1.29, 1.82) is 0 Å². The summed E-state index contributed by atoms with van der Waals surface area (Å²) in [5.74, 6) is 0.0722. The van der Waals surface area contributed by atoms with Crippen LogP contribution in [-0.4, -0.2) is 17.2 Å². The van der Waals surface area contributed by atoms with E-state index < -0.39 is 0 Å². The molecule has 0 aromatic heterocycles. The molecule has 0 unspecified atom stereocenters. The van der Waals surface area contributed by atoms with Gasteiger partial charge in [0.2, 0.25) is 5.91 Å². The number of hydrazone groups is 1. The highest BCUT2D eigenvalue weighted by Gasteiger charge is 2.04. The number of amides is 1. The lowest BCUT2D eigenvalue weighted by molar-refractivity contribution is -0.121. The smallest absolute Gasteiger partial charge is 0.240 e. The van der Waals surface area contributed by atoms with Crippen molar-refractivity contribution in [2.24, 2.45) is 5.10 Å². The number of phenolic OH excluding ortho intramolecular Hbond substituents is 1. The summed E-state index contributed by atoms with van der Waals surface area (Å²) in [5, 5.41) is 13.5. The molecule has 0 fully saturated rings. The number of nitrogens with one attached hydrogen (secondary N) is 1. The minimum absolute atomic E-state index is 0.0698. The Morgan fingerprint density at radius 1 is 1.24 bits per heavy atom. The normalized spacial score (nSPS) is 11.0. The van der Waals surface area contributed by atoms with E-state index in [1.54, 1.807) is 18.3 Å². The molecule has 0 aliphatic rings. The highest BCUT2D eigenvalue weighted by atomic mass is 79.9. The first-order valence-electron chi connectivity index (χ1n) is 7.04. The molecule has 1 aromatic rings. The Kier molecular flexibility index (Phi) is 8.61. The topological polar surface area (TPSA) is 61.7 Å². The average molecular weight is 420 g/mol. The fraction of sp³-hybridized carbons (Fsp3) is 0.467. The summed E-state index contributed by atoms with van der Waals surface area (Å²) in [7, 11) is 0. The molecule has 21 heavy (non-hydrogen) atoms. The maximum Gasteiger partial charge on any atom is 0.240 e. The van der Waals surface area contributed by atoms with Crippen molar-refractivity contribution in [3.05, 3.63) is 26.6 Å². The molecule has 0 aliphatic carbocycles. The standard InChI is InChI=1S/C15H20Br2N2O2/c1-2-3-4-5-6-7-14(20)19-18-10-11-8-12(16)15(21)13(17)9-11/h8-10,21H,2-7H2,1H3,(H,19,20). The molecule has 2 N–H and O–H groups in total. The van der Waals surface area contributed by atoms with Gasteiger partial charge in [0.05, 0.1) is 15.2 Å². The van der Waals surface area contributed by atoms with Crippen molar-refractivity contribution in [2.75, 3.05) is 0 Å². The molecule has 1 aromatic carbocycles.